The number of rotatable bonds is 1. The molecular formula is C11H21N. The summed E-state index contributed by atoms with van der Waals surface area (Å²) in [7, 11) is 2.24. The van der Waals surface area contributed by atoms with E-state index in [9.17, 15) is 0 Å². The Labute approximate surface area is 76.1 Å². The summed E-state index contributed by atoms with van der Waals surface area (Å²) in [5.41, 5.74) is 0.768. The summed E-state index contributed by atoms with van der Waals surface area (Å²) in [5, 5.41) is 0. The second kappa shape index (κ2) is 2.73. The molecule has 70 valence electrons. The fourth-order valence-electron chi connectivity index (χ4n) is 3.21. The van der Waals surface area contributed by atoms with Crippen LogP contribution in [-0.2, 0) is 0 Å². The molecule has 2 rings (SSSR count). The molecule has 1 heteroatoms. The summed E-state index contributed by atoms with van der Waals surface area (Å²) in [6, 6.07) is 0. The van der Waals surface area contributed by atoms with E-state index in [-0.39, 0.29) is 0 Å². The van der Waals surface area contributed by atoms with Crippen molar-refractivity contribution in [2.45, 2.75) is 33.1 Å². The quantitative estimate of drug-likeness (QED) is 0.579. The summed E-state index contributed by atoms with van der Waals surface area (Å²) in [6.45, 7) is 7.50. The highest BCUT2D eigenvalue weighted by Crippen LogP contribution is 2.49. The molecule has 2 fully saturated rings. The molecule has 1 aliphatic carbocycles. The fraction of sp³-hybridized carbons (Fsp3) is 1.00. The Bertz CT molecular complexity index is 168. The van der Waals surface area contributed by atoms with Crippen LogP contribution in [0.15, 0.2) is 0 Å². The van der Waals surface area contributed by atoms with Crippen molar-refractivity contribution in [3.63, 3.8) is 0 Å². The van der Waals surface area contributed by atoms with E-state index in [1.807, 2.05) is 0 Å². The first-order valence-electron chi connectivity index (χ1n) is 5.30. The smallest absolute Gasteiger partial charge is 0.00475 e. The van der Waals surface area contributed by atoms with Gasteiger partial charge in [-0.1, -0.05) is 13.8 Å². The minimum Gasteiger partial charge on any atom is -0.305 e. The molecule has 0 aromatic heterocycles. The van der Waals surface area contributed by atoms with Gasteiger partial charge in [-0.2, -0.15) is 0 Å². The molecule has 0 bridgehead atoms. The lowest BCUT2D eigenvalue weighted by Crippen LogP contribution is -2.52. The third kappa shape index (κ3) is 1.28. The van der Waals surface area contributed by atoms with E-state index in [4.69, 9.17) is 0 Å². The molecule has 2 aliphatic rings. The number of hydrogen-bond acceptors (Lipinski definition) is 1. The van der Waals surface area contributed by atoms with Crippen LogP contribution in [0.4, 0.5) is 0 Å². The fourth-order valence-corrected chi connectivity index (χ4v) is 3.21. The first-order valence-corrected chi connectivity index (χ1v) is 5.30. The van der Waals surface area contributed by atoms with Gasteiger partial charge >= 0.3 is 0 Å². The summed E-state index contributed by atoms with van der Waals surface area (Å²) in [4.78, 5) is 2.46. The predicted octanol–water partition coefficient (Wildman–Crippen LogP) is 2.37. The lowest BCUT2D eigenvalue weighted by atomic mass is 9.77. The van der Waals surface area contributed by atoms with E-state index >= 15 is 0 Å². The highest BCUT2D eigenvalue weighted by Gasteiger charge is 2.46. The van der Waals surface area contributed by atoms with Crippen molar-refractivity contribution in [1.82, 2.24) is 4.90 Å². The molecule has 0 aromatic carbocycles. The van der Waals surface area contributed by atoms with Crippen LogP contribution in [0, 0.1) is 17.3 Å². The van der Waals surface area contributed by atoms with Gasteiger partial charge in [0.15, 0.2) is 0 Å². The van der Waals surface area contributed by atoms with Crippen LogP contribution in [0.3, 0.4) is 0 Å². The average molecular weight is 167 g/mol. The molecule has 0 aromatic rings. The molecular weight excluding hydrogens is 146 g/mol. The molecule has 0 N–H and O–H groups in total. The maximum absolute atomic E-state index is 2.46. The minimum atomic E-state index is 0.768. The normalized spacial score (nSPS) is 34.5. The van der Waals surface area contributed by atoms with E-state index in [0.29, 0.717) is 0 Å². The third-order valence-corrected chi connectivity index (χ3v) is 3.89. The van der Waals surface area contributed by atoms with Crippen LogP contribution in [0.1, 0.15) is 33.1 Å². The third-order valence-electron chi connectivity index (χ3n) is 3.89. The van der Waals surface area contributed by atoms with Crippen molar-refractivity contribution in [3.05, 3.63) is 0 Å². The number of likely N-dealkylation sites (tertiary alicyclic amines) is 1. The SMILES string of the molecule is CC(C)C1CCC2(C1)CN(C)C2. The van der Waals surface area contributed by atoms with Crippen LogP contribution in [-0.4, -0.2) is 25.0 Å². The van der Waals surface area contributed by atoms with Crippen LogP contribution in [0.2, 0.25) is 0 Å². The molecule has 1 nitrogen and oxygen atoms in total. The van der Waals surface area contributed by atoms with Crippen molar-refractivity contribution in [2.24, 2.45) is 17.3 Å². The zero-order valence-electron chi connectivity index (χ0n) is 8.64. The van der Waals surface area contributed by atoms with Gasteiger partial charge in [0.25, 0.3) is 0 Å². The van der Waals surface area contributed by atoms with Crippen LogP contribution in [0.5, 0.6) is 0 Å². The van der Waals surface area contributed by atoms with Crippen molar-refractivity contribution >= 4 is 0 Å². The first-order chi connectivity index (χ1) is 5.61. The Hall–Kier alpha value is -0.0400. The van der Waals surface area contributed by atoms with Gasteiger partial charge in [0.2, 0.25) is 0 Å². The largest absolute Gasteiger partial charge is 0.305 e. The summed E-state index contributed by atoms with van der Waals surface area (Å²) < 4.78 is 0. The molecule has 1 heterocycles. The van der Waals surface area contributed by atoms with Crippen LogP contribution in [0.25, 0.3) is 0 Å². The predicted molar refractivity (Wildman–Crippen MR) is 52.1 cm³/mol. The van der Waals surface area contributed by atoms with Crippen LogP contribution < -0.4 is 0 Å². The molecule has 1 aliphatic heterocycles. The van der Waals surface area contributed by atoms with Gasteiger partial charge in [0.05, 0.1) is 0 Å². The van der Waals surface area contributed by atoms with Gasteiger partial charge < -0.3 is 4.90 Å². The molecule has 12 heavy (non-hydrogen) atoms. The average Bonchev–Trinajstić information content (AvgIpc) is 2.31. The van der Waals surface area contributed by atoms with Crippen molar-refractivity contribution in [3.8, 4) is 0 Å². The molecule has 1 spiro atoms. The highest BCUT2D eigenvalue weighted by molar-refractivity contribution is 4.99. The van der Waals surface area contributed by atoms with Gasteiger partial charge in [-0.15, -0.1) is 0 Å². The highest BCUT2D eigenvalue weighted by atomic mass is 15.2. The molecule has 1 unspecified atom stereocenters. The van der Waals surface area contributed by atoms with E-state index in [1.54, 1.807) is 0 Å². The number of nitrogens with zero attached hydrogens (tertiary/aromatic N) is 1. The Kier molecular flexibility index (Phi) is 1.95. The Balaban J connectivity index is 1.90. The van der Waals surface area contributed by atoms with Crippen molar-refractivity contribution < 1.29 is 0 Å². The maximum Gasteiger partial charge on any atom is 0.00475 e. The molecule has 1 saturated carbocycles. The zero-order valence-corrected chi connectivity index (χ0v) is 8.64. The van der Waals surface area contributed by atoms with Gasteiger partial charge in [-0.05, 0) is 43.6 Å². The topological polar surface area (TPSA) is 3.24 Å². The standard InChI is InChI=1S/C11H21N/c1-9(2)10-4-5-11(6-10)7-12(3)8-11/h9-10H,4-8H2,1-3H3. The zero-order chi connectivity index (χ0) is 8.77. The number of hydrogen-bond donors (Lipinski definition) is 0. The molecule has 1 saturated heterocycles. The second-order valence-electron chi connectivity index (χ2n) is 5.42. The van der Waals surface area contributed by atoms with Crippen molar-refractivity contribution in [1.29, 1.82) is 0 Å². The Morgan fingerprint density at radius 2 is 2.00 bits per heavy atom. The van der Waals surface area contributed by atoms with Crippen LogP contribution >= 0.6 is 0 Å². The van der Waals surface area contributed by atoms with E-state index in [2.05, 4.69) is 25.8 Å². The van der Waals surface area contributed by atoms with Gasteiger partial charge in [-0.3, -0.25) is 0 Å². The Morgan fingerprint density at radius 1 is 1.33 bits per heavy atom. The van der Waals surface area contributed by atoms with Crippen molar-refractivity contribution in [2.75, 3.05) is 20.1 Å². The molecule has 1 atom stereocenters. The molecule has 0 amide bonds. The van der Waals surface area contributed by atoms with Gasteiger partial charge in [-0.25, -0.2) is 0 Å². The lowest BCUT2D eigenvalue weighted by Gasteiger charge is -2.46. The first kappa shape index (κ1) is 8.55. The monoisotopic (exact) mass is 167 g/mol. The summed E-state index contributed by atoms with van der Waals surface area (Å²) in [5.74, 6) is 1.94. The summed E-state index contributed by atoms with van der Waals surface area (Å²) >= 11 is 0. The minimum absolute atomic E-state index is 0.768. The Morgan fingerprint density at radius 3 is 2.42 bits per heavy atom. The maximum atomic E-state index is 2.46. The van der Waals surface area contributed by atoms with Gasteiger partial charge in [0, 0.05) is 13.1 Å². The summed E-state index contributed by atoms with van der Waals surface area (Å²) in [6.07, 6.45) is 4.50. The second-order valence-corrected chi connectivity index (χ2v) is 5.42. The van der Waals surface area contributed by atoms with E-state index in [1.165, 1.54) is 32.4 Å². The van der Waals surface area contributed by atoms with E-state index in [0.717, 1.165) is 17.3 Å². The van der Waals surface area contributed by atoms with E-state index < -0.39 is 0 Å². The lowest BCUT2D eigenvalue weighted by molar-refractivity contribution is 0.0233. The van der Waals surface area contributed by atoms with Gasteiger partial charge in [0.1, 0.15) is 0 Å². The molecule has 0 radical (unpaired) electrons.